The molecule has 0 fully saturated rings. The molecule has 0 bridgehead atoms. The van der Waals surface area contributed by atoms with Gasteiger partial charge in [-0.15, -0.1) is 0 Å². The Balaban J connectivity index is 2.08. The van der Waals surface area contributed by atoms with Crippen molar-refractivity contribution in [2.24, 2.45) is 0 Å². The molecule has 0 saturated heterocycles. The molecule has 1 heterocycles. The van der Waals surface area contributed by atoms with Gasteiger partial charge in [-0.2, -0.15) is 4.98 Å². The Morgan fingerprint density at radius 1 is 1.05 bits per heavy atom. The van der Waals surface area contributed by atoms with Crippen molar-refractivity contribution in [1.29, 1.82) is 0 Å². The van der Waals surface area contributed by atoms with Crippen molar-refractivity contribution >= 4 is 22.4 Å². The summed E-state index contributed by atoms with van der Waals surface area (Å²) in [5, 5.41) is 2.35. The summed E-state index contributed by atoms with van der Waals surface area (Å²) in [5.74, 6) is 1.24. The van der Waals surface area contributed by atoms with Crippen LogP contribution < -0.4 is 4.74 Å². The van der Waals surface area contributed by atoms with Crippen molar-refractivity contribution in [1.82, 2.24) is 9.97 Å². The molecule has 2 aromatic carbocycles. The van der Waals surface area contributed by atoms with Gasteiger partial charge >= 0.3 is 0 Å². The van der Waals surface area contributed by atoms with E-state index in [1.807, 2.05) is 49.4 Å². The van der Waals surface area contributed by atoms with Crippen molar-refractivity contribution in [3.8, 4) is 11.6 Å². The maximum atomic E-state index is 5.87. The van der Waals surface area contributed by atoms with Gasteiger partial charge in [-0.3, -0.25) is 0 Å². The summed E-state index contributed by atoms with van der Waals surface area (Å²) in [6, 6.07) is 14.0. The number of aromatic nitrogens is 2. The summed E-state index contributed by atoms with van der Waals surface area (Å²) in [5.41, 5.74) is 0.845. The van der Waals surface area contributed by atoms with Crippen LogP contribution in [0.2, 0.25) is 5.28 Å². The number of rotatable bonds is 2. The minimum atomic E-state index is 0.181. The van der Waals surface area contributed by atoms with Crippen LogP contribution in [0.3, 0.4) is 0 Å². The molecule has 3 nitrogen and oxygen atoms in total. The van der Waals surface area contributed by atoms with Gasteiger partial charge in [0.25, 0.3) is 0 Å². The van der Waals surface area contributed by atoms with E-state index in [4.69, 9.17) is 16.3 Å². The molecule has 3 aromatic rings. The fourth-order valence-corrected chi connectivity index (χ4v) is 2.02. The number of fused-ring (bicyclic) bond motifs is 1. The minimum Gasteiger partial charge on any atom is -0.438 e. The van der Waals surface area contributed by atoms with Crippen LogP contribution in [0.5, 0.6) is 11.6 Å². The molecule has 4 heteroatoms. The second-order valence-electron chi connectivity index (χ2n) is 4.21. The molecule has 0 unspecified atom stereocenters. The van der Waals surface area contributed by atoms with Crippen molar-refractivity contribution in [3.05, 3.63) is 59.5 Å². The lowest BCUT2D eigenvalue weighted by molar-refractivity contribution is 0.462. The minimum absolute atomic E-state index is 0.181. The van der Waals surface area contributed by atoms with Crippen molar-refractivity contribution < 1.29 is 4.74 Å². The summed E-state index contributed by atoms with van der Waals surface area (Å²) in [7, 11) is 0. The number of halogens is 1. The van der Waals surface area contributed by atoms with E-state index in [9.17, 15) is 0 Å². The summed E-state index contributed by atoms with van der Waals surface area (Å²) in [4.78, 5) is 8.02. The van der Waals surface area contributed by atoms with E-state index in [0.29, 0.717) is 5.88 Å². The van der Waals surface area contributed by atoms with E-state index >= 15 is 0 Å². The van der Waals surface area contributed by atoms with E-state index in [-0.39, 0.29) is 5.28 Å². The van der Waals surface area contributed by atoms with Crippen LogP contribution in [0.15, 0.2) is 48.7 Å². The van der Waals surface area contributed by atoms with Crippen molar-refractivity contribution in [2.75, 3.05) is 0 Å². The van der Waals surface area contributed by atoms with Gasteiger partial charge in [0, 0.05) is 17.1 Å². The SMILES string of the molecule is Cc1cnc(Cl)nc1Oc1cccc2ccccc12. The van der Waals surface area contributed by atoms with Crippen LogP contribution in [0, 0.1) is 6.92 Å². The van der Waals surface area contributed by atoms with E-state index in [1.54, 1.807) is 6.20 Å². The molecule has 0 N–H and O–H groups in total. The van der Waals surface area contributed by atoms with E-state index in [1.165, 1.54) is 0 Å². The first-order valence-electron chi connectivity index (χ1n) is 5.89. The lowest BCUT2D eigenvalue weighted by atomic mass is 10.1. The number of nitrogens with zero attached hydrogens (tertiary/aromatic N) is 2. The maximum Gasteiger partial charge on any atom is 0.226 e. The van der Waals surface area contributed by atoms with Crippen LogP contribution in [-0.2, 0) is 0 Å². The number of hydrogen-bond acceptors (Lipinski definition) is 3. The molecule has 0 spiro atoms. The zero-order valence-corrected chi connectivity index (χ0v) is 11.1. The lowest BCUT2D eigenvalue weighted by Gasteiger charge is -2.09. The van der Waals surface area contributed by atoms with Crippen LogP contribution in [0.25, 0.3) is 10.8 Å². The van der Waals surface area contributed by atoms with Crippen molar-refractivity contribution in [2.45, 2.75) is 6.92 Å². The highest BCUT2D eigenvalue weighted by Gasteiger charge is 2.07. The molecule has 3 rings (SSSR count). The Kier molecular flexibility index (Phi) is 3.05. The van der Waals surface area contributed by atoms with Gasteiger partial charge in [0.2, 0.25) is 11.2 Å². The predicted molar refractivity (Wildman–Crippen MR) is 75.8 cm³/mol. The zero-order valence-electron chi connectivity index (χ0n) is 10.3. The fourth-order valence-electron chi connectivity index (χ4n) is 1.90. The van der Waals surface area contributed by atoms with Crippen LogP contribution in [0.4, 0.5) is 0 Å². The number of aryl methyl sites for hydroxylation is 1. The average molecular weight is 271 g/mol. The van der Waals surface area contributed by atoms with Gasteiger partial charge in [-0.1, -0.05) is 36.4 Å². The van der Waals surface area contributed by atoms with Gasteiger partial charge in [-0.05, 0) is 30.0 Å². The molecule has 0 aliphatic heterocycles. The second-order valence-corrected chi connectivity index (χ2v) is 4.54. The molecule has 0 atom stereocenters. The maximum absolute atomic E-state index is 5.87. The summed E-state index contributed by atoms with van der Waals surface area (Å²) in [6.07, 6.45) is 1.65. The van der Waals surface area contributed by atoms with E-state index in [0.717, 1.165) is 22.1 Å². The monoisotopic (exact) mass is 270 g/mol. The Hall–Kier alpha value is -2.13. The van der Waals surface area contributed by atoms with Gasteiger partial charge in [-0.25, -0.2) is 4.98 Å². The number of ether oxygens (including phenoxy) is 1. The van der Waals surface area contributed by atoms with Gasteiger partial charge in [0.05, 0.1) is 0 Å². The number of hydrogen-bond donors (Lipinski definition) is 0. The highest BCUT2D eigenvalue weighted by molar-refractivity contribution is 6.28. The first-order valence-corrected chi connectivity index (χ1v) is 6.26. The van der Waals surface area contributed by atoms with Crippen LogP contribution in [0.1, 0.15) is 5.56 Å². The number of benzene rings is 2. The highest BCUT2D eigenvalue weighted by Crippen LogP contribution is 2.30. The molecule has 0 aliphatic carbocycles. The molecule has 1 aromatic heterocycles. The molecule has 0 saturated carbocycles. The highest BCUT2D eigenvalue weighted by atomic mass is 35.5. The van der Waals surface area contributed by atoms with Gasteiger partial charge in [0.15, 0.2) is 0 Å². The third kappa shape index (κ3) is 2.37. The standard InChI is InChI=1S/C15H11ClN2O/c1-10-9-17-15(16)18-14(10)19-13-8-4-6-11-5-2-3-7-12(11)13/h2-9H,1H3. The van der Waals surface area contributed by atoms with Gasteiger partial charge < -0.3 is 4.74 Å². The zero-order chi connectivity index (χ0) is 13.2. The Morgan fingerprint density at radius 2 is 1.84 bits per heavy atom. The Labute approximate surface area is 115 Å². The molecular formula is C15H11ClN2O. The first kappa shape index (κ1) is 11.9. The molecule has 0 radical (unpaired) electrons. The van der Waals surface area contributed by atoms with E-state index in [2.05, 4.69) is 9.97 Å². The van der Waals surface area contributed by atoms with Crippen molar-refractivity contribution in [3.63, 3.8) is 0 Å². The molecule has 0 aliphatic rings. The Morgan fingerprint density at radius 3 is 2.74 bits per heavy atom. The molecular weight excluding hydrogens is 260 g/mol. The first-order chi connectivity index (χ1) is 9.24. The van der Waals surface area contributed by atoms with Crippen LogP contribution >= 0.6 is 11.6 Å². The lowest BCUT2D eigenvalue weighted by Crippen LogP contribution is -1.94. The van der Waals surface area contributed by atoms with E-state index < -0.39 is 0 Å². The second kappa shape index (κ2) is 4.86. The largest absolute Gasteiger partial charge is 0.438 e. The predicted octanol–water partition coefficient (Wildman–Crippen LogP) is 4.38. The molecule has 94 valence electrons. The summed E-state index contributed by atoms with van der Waals surface area (Å²) >= 11 is 5.80. The smallest absolute Gasteiger partial charge is 0.226 e. The fraction of sp³-hybridized carbons (Fsp3) is 0.0667. The van der Waals surface area contributed by atoms with Crippen LogP contribution in [-0.4, -0.2) is 9.97 Å². The topological polar surface area (TPSA) is 35.0 Å². The third-order valence-electron chi connectivity index (χ3n) is 2.85. The third-order valence-corrected chi connectivity index (χ3v) is 3.03. The average Bonchev–Trinajstić information content (AvgIpc) is 2.43. The normalized spacial score (nSPS) is 10.6. The molecule has 0 amide bonds. The summed E-state index contributed by atoms with van der Waals surface area (Å²) < 4.78 is 5.87. The summed E-state index contributed by atoms with van der Waals surface area (Å²) in [6.45, 7) is 1.89. The molecule has 19 heavy (non-hydrogen) atoms. The quantitative estimate of drug-likeness (QED) is 0.648. The van der Waals surface area contributed by atoms with Gasteiger partial charge in [0.1, 0.15) is 5.75 Å². The Bertz CT molecular complexity index is 738.